The van der Waals surface area contributed by atoms with Crippen molar-refractivity contribution in [2.24, 2.45) is 17.8 Å². The lowest BCUT2D eigenvalue weighted by Crippen LogP contribution is -2.15. The van der Waals surface area contributed by atoms with Crippen molar-refractivity contribution in [1.29, 1.82) is 0 Å². The zero-order valence-electron chi connectivity index (χ0n) is 10.0. The van der Waals surface area contributed by atoms with E-state index >= 15 is 0 Å². The molecule has 2 aliphatic carbocycles. The molecule has 0 saturated heterocycles. The molecule has 1 aromatic heterocycles. The molecular formula is C14H19ClS. The maximum absolute atomic E-state index is 6.73. The summed E-state index contributed by atoms with van der Waals surface area (Å²) in [5.74, 6) is 2.68. The fourth-order valence-electron chi connectivity index (χ4n) is 3.81. The Bertz CT molecular complexity index is 395. The third-order valence-corrected chi connectivity index (χ3v) is 6.09. The first-order valence-corrected chi connectivity index (χ1v) is 7.61. The SMILES string of the molecule is Cc1cc(C(Cl)C2CC3CCC2C3)c(C)s1. The van der Waals surface area contributed by atoms with E-state index < -0.39 is 0 Å². The Morgan fingerprint density at radius 3 is 2.62 bits per heavy atom. The molecular weight excluding hydrogens is 236 g/mol. The summed E-state index contributed by atoms with van der Waals surface area (Å²) in [5, 5.41) is 0.278. The van der Waals surface area contributed by atoms with Crippen LogP contribution < -0.4 is 0 Å². The van der Waals surface area contributed by atoms with Gasteiger partial charge in [0, 0.05) is 9.75 Å². The van der Waals surface area contributed by atoms with Gasteiger partial charge in [-0.2, -0.15) is 0 Å². The van der Waals surface area contributed by atoms with Crippen LogP contribution in [0.5, 0.6) is 0 Å². The Kier molecular flexibility index (Phi) is 2.79. The summed E-state index contributed by atoms with van der Waals surface area (Å²) >= 11 is 8.62. The van der Waals surface area contributed by atoms with E-state index in [4.69, 9.17) is 11.6 Å². The summed E-state index contributed by atoms with van der Waals surface area (Å²) in [7, 11) is 0. The van der Waals surface area contributed by atoms with Crippen molar-refractivity contribution in [3.63, 3.8) is 0 Å². The summed E-state index contributed by atoms with van der Waals surface area (Å²) < 4.78 is 0. The van der Waals surface area contributed by atoms with Gasteiger partial charge in [0.15, 0.2) is 0 Å². The number of halogens is 1. The van der Waals surface area contributed by atoms with Gasteiger partial charge in [0.25, 0.3) is 0 Å². The molecule has 0 aliphatic heterocycles. The Labute approximate surface area is 107 Å². The van der Waals surface area contributed by atoms with E-state index in [1.165, 1.54) is 41.0 Å². The zero-order valence-corrected chi connectivity index (χ0v) is 11.6. The molecule has 3 rings (SSSR count). The summed E-state index contributed by atoms with van der Waals surface area (Å²) in [5.41, 5.74) is 1.42. The highest BCUT2D eigenvalue weighted by Gasteiger charge is 2.43. The molecule has 2 bridgehead atoms. The normalized spacial score (nSPS) is 34.6. The summed E-state index contributed by atoms with van der Waals surface area (Å²) in [6.45, 7) is 4.40. The van der Waals surface area contributed by atoms with Gasteiger partial charge in [0.05, 0.1) is 5.38 Å². The summed E-state index contributed by atoms with van der Waals surface area (Å²) in [6.07, 6.45) is 5.73. The van der Waals surface area contributed by atoms with E-state index in [0.29, 0.717) is 0 Å². The van der Waals surface area contributed by atoms with Gasteiger partial charge >= 0.3 is 0 Å². The molecule has 0 N–H and O–H groups in total. The highest BCUT2D eigenvalue weighted by atomic mass is 35.5. The standard InChI is InChI=1S/C14H19ClS/c1-8-5-12(9(2)16-8)14(15)13-7-10-3-4-11(13)6-10/h5,10-11,13-14H,3-4,6-7H2,1-2H3. The molecule has 4 atom stereocenters. The number of fused-ring (bicyclic) bond motifs is 2. The van der Waals surface area contributed by atoms with E-state index in [0.717, 1.165) is 17.8 Å². The minimum absolute atomic E-state index is 0.278. The number of alkyl halides is 1. The second-order valence-electron chi connectivity index (χ2n) is 5.61. The topological polar surface area (TPSA) is 0 Å². The summed E-state index contributed by atoms with van der Waals surface area (Å²) in [4.78, 5) is 2.83. The van der Waals surface area contributed by atoms with E-state index in [1.807, 2.05) is 11.3 Å². The number of hydrogen-bond acceptors (Lipinski definition) is 1. The zero-order chi connectivity index (χ0) is 11.3. The van der Waals surface area contributed by atoms with Gasteiger partial charge in [-0.3, -0.25) is 0 Å². The lowest BCUT2D eigenvalue weighted by atomic mass is 9.84. The first-order valence-electron chi connectivity index (χ1n) is 6.36. The van der Waals surface area contributed by atoms with Crippen LogP contribution >= 0.6 is 22.9 Å². The number of rotatable bonds is 2. The molecule has 88 valence electrons. The third-order valence-electron chi connectivity index (χ3n) is 4.55. The Morgan fingerprint density at radius 1 is 1.31 bits per heavy atom. The average Bonchev–Trinajstić information content (AvgIpc) is 2.91. The van der Waals surface area contributed by atoms with Crippen LogP contribution in [0.25, 0.3) is 0 Å². The Morgan fingerprint density at radius 2 is 2.12 bits per heavy atom. The molecule has 4 unspecified atom stereocenters. The van der Waals surface area contributed by atoms with E-state index in [1.54, 1.807) is 0 Å². The number of thiophene rings is 1. The minimum Gasteiger partial charge on any atom is -0.146 e. The maximum atomic E-state index is 6.73. The van der Waals surface area contributed by atoms with Crippen LogP contribution in [0.4, 0.5) is 0 Å². The minimum atomic E-state index is 0.278. The van der Waals surface area contributed by atoms with Gasteiger partial charge in [-0.15, -0.1) is 22.9 Å². The second kappa shape index (κ2) is 4.03. The van der Waals surface area contributed by atoms with Gasteiger partial charge in [-0.1, -0.05) is 6.42 Å². The molecule has 2 saturated carbocycles. The molecule has 2 fully saturated rings. The van der Waals surface area contributed by atoms with Crippen LogP contribution in [0, 0.1) is 31.6 Å². The predicted molar refractivity (Wildman–Crippen MR) is 71.3 cm³/mol. The maximum Gasteiger partial charge on any atom is 0.0627 e. The molecule has 2 heteroatoms. The Balaban J connectivity index is 1.82. The Hall–Kier alpha value is -0.0100. The highest BCUT2D eigenvalue weighted by molar-refractivity contribution is 7.12. The number of hydrogen-bond donors (Lipinski definition) is 0. The molecule has 2 aliphatic rings. The van der Waals surface area contributed by atoms with Gasteiger partial charge in [0.1, 0.15) is 0 Å². The van der Waals surface area contributed by atoms with Crippen molar-refractivity contribution < 1.29 is 0 Å². The summed E-state index contributed by atoms with van der Waals surface area (Å²) in [6, 6.07) is 2.31. The van der Waals surface area contributed by atoms with Crippen LogP contribution in [0.15, 0.2) is 6.07 Å². The first kappa shape index (κ1) is 11.1. The molecule has 0 nitrogen and oxygen atoms in total. The van der Waals surface area contributed by atoms with Gasteiger partial charge in [0.2, 0.25) is 0 Å². The molecule has 0 aromatic carbocycles. The third kappa shape index (κ3) is 1.73. The van der Waals surface area contributed by atoms with Crippen molar-refractivity contribution >= 4 is 22.9 Å². The van der Waals surface area contributed by atoms with Crippen LogP contribution in [0.3, 0.4) is 0 Å². The fourth-order valence-corrected chi connectivity index (χ4v) is 5.38. The van der Waals surface area contributed by atoms with Crippen molar-refractivity contribution in [2.75, 3.05) is 0 Å². The fraction of sp³-hybridized carbons (Fsp3) is 0.714. The quantitative estimate of drug-likeness (QED) is 0.646. The van der Waals surface area contributed by atoms with Crippen LogP contribution in [0.1, 0.15) is 46.4 Å². The van der Waals surface area contributed by atoms with Crippen molar-refractivity contribution in [1.82, 2.24) is 0 Å². The molecule has 16 heavy (non-hydrogen) atoms. The predicted octanol–water partition coefficient (Wildman–Crippen LogP) is 5.08. The smallest absolute Gasteiger partial charge is 0.0627 e. The van der Waals surface area contributed by atoms with Gasteiger partial charge < -0.3 is 0 Å². The lowest BCUT2D eigenvalue weighted by Gasteiger charge is -2.26. The molecule has 0 radical (unpaired) electrons. The molecule has 0 spiro atoms. The van der Waals surface area contributed by atoms with E-state index in [9.17, 15) is 0 Å². The highest BCUT2D eigenvalue weighted by Crippen LogP contribution is 2.55. The van der Waals surface area contributed by atoms with Crippen LogP contribution in [-0.2, 0) is 0 Å². The monoisotopic (exact) mass is 254 g/mol. The van der Waals surface area contributed by atoms with Crippen molar-refractivity contribution in [2.45, 2.75) is 44.9 Å². The van der Waals surface area contributed by atoms with E-state index in [-0.39, 0.29) is 5.38 Å². The lowest BCUT2D eigenvalue weighted by molar-refractivity contribution is 0.323. The van der Waals surface area contributed by atoms with E-state index in [2.05, 4.69) is 19.9 Å². The largest absolute Gasteiger partial charge is 0.146 e. The first-order chi connectivity index (χ1) is 7.65. The van der Waals surface area contributed by atoms with Crippen LogP contribution in [0.2, 0.25) is 0 Å². The van der Waals surface area contributed by atoms with Gasteiger partial charge in [-0.05, 0) is 62.5 Å². The second-order valence-corrected chi connectivity index (χ2v) is 7.54. The van der Waals surface area contributed by atoms with Crippen molar-refractivity contribution in [3.8, 4) is 0 Å². The number of aryl methyl sites for hydroxylation is 2. The molecule has 1 heterocycles. The molecule has 1 aromatic rings. The van der Waals surface area contributed by atoms with Crippen molar-refractivity contribution in [3.05, 3.63) is 21.4 Å². The van der Waals surface area contributed by atoms with Crippen LogP contribution in [-0.4, -0.2) is 0 Å². The average molecular weight is 255 g/mol. The van der Waals surface area contributed by atoms with Gasteiger partial charge in [-0.25, -0.2) is 0 Å². The molecule has 0 amide bonds.